The standard InChI is InChI=1S/C5H12N4.C5H8O2.CH4.H4N2/c1-4(8-6)3-5(2)9-7;1-4(6)3-5(2)7;;1-2/h3,6-7H2,1-2H3;3H2,1-2H3;1H4;1-2H2. The van der Waals surface area contributed by atoms with Crippen LogP contribution < -0.4 is 23.4 Å². The molecule has 0 heterocycles. The van der Waals surface area contributed by atoms with Gasteiger partial charge in [0.1, 0.15) is 11.6 Å². The van der Waals surface area contributed by atoms with Gasteiger partial charge in [-0.15, -0.1) is 0 Å². The van der Waals surface area contributed by atoms with Gasteiger partial charge in [0, 0.05) is 17.8 Å². The summed E-state index contributed by atoms with van der Waals surface area (Å²) in [7, 11) is 0. The number of ketones is 2. The van der Waals surface area contributed by atoms with Gasteiger partial charge in [-0.3, -0.25) is 21.3 Å². The lowest BCUT2D eigenvalue weighted by atomic mass is 10.2. The Labute approximate surface area is 115 Å². The molecule has 0 saturated carbocycles. The molecule has 0 fully saturated rings. The van der Waals surface area contributed by atoms with E-state index in [1.54, 1.807) is 0 Å². The van der Waals surface area contributed by atoms with E-state index >= 15 is 0 Å². The van der Waals surface area contributed by atoms with E-state index in [1.807, 2.05) is 13.8 Å². The van der Waals surface area contributed by atoms with Crippen molar-refractivity contribution in [2.75, 3.05) is 0 Å². The van der Waals surface area contributed by atoms with Crippen molar-refractivity contribution in [3.8, 4) is 0 Å². The first-order chi connectivity index (χ1) is 8.33. The summed E-state index contributed by atoms with van der Waals surface area (Å²) in [5.74, 6) is 17.8. The molecule has 8 nitrogen and oxygen atoms in total. The molecule has 0 aromatic carbocycles. The van der Waals surface area contributed by atoms with E-state index in [0.29, 0.717) is 6.42 Å². The van der Waals surface area contributed by atoms with Gasteiger partial charge in [-0.2, -0.15) is 10.2 Å². The molecule has 0 aliphatic carbocycles. The predicted molar refractivity (Wildman–Crippen MR) is 80.3 cm³/mol. The summed E-state index contributed by atoms with van der Waals surface area (Å²) in [6, 6.07) is 0. The van der Waals surface area contributed by atoms with Crippen LogP contribution in [0.1, 0.15) is 48.0 Å². The second-order valence-electron chi connectivity index (χ2n) is 3.49. The number of rotatable bonds is 4. The lowest BCUT2D eigenvalue weighted by Crippen LogP contribution is -2.05. The van der Waals surface area contributed by atoms with E-state index < -0.39 is 0 Å². The minimum atomic E-state index is -0.0625. The molecule has 114 valence electrons. The molecule has 0 saturated heterocycles. The summed E-state index contributed by atoms with van der Waals surface area (Å²) in [5, 5.41) is 6.91. The third kappa shape index (κ3) is 31.4. The predicted octanol–water partition coefficient (Wildman–Crippen LogP) is 0.0551. The van der Waals surface area contributed by atoms with E-state index in [4.69, 9.17) is 11.7 Å². The summed E-state index contributed by atoms with van der Waals surface area (Å²) in [6.07, 6.45) is 0.743. The molecule has 0 aliphatic heterocycles. The van der Waals surface area contributed by atoms with Crippen LogP contribution in [0.25, 0.3) is 0 Å². The van der Waals surface area contributed by atoms with E-state index in [0.717, 1.165) is 11.4 Å². The quantitative estimate of drug-likeness (QED) is 0.245. The molecule has 8 N–H and O–H groups in total. The summed E-state index contributed by atoms with van der Waals surface area (Å²) < 4.78 is 0. The van der Waals surface area contributed by atoms with Gasteiger partial charge in [0.05, 0.1) is 6.42 Å². The SMILES string of the molecule is C.CC(=O)CC(C)=O.CC(CC(C)=NN)=NN.NN. The molecule has 0 radical (unpaired) electrons. The van der Waals surface area contributed by atoms with Crippen molar-refractivity contribution in [1.29, 1.82) is 0 Å². The van der Waals surface area contributed by atoms with Crippen molar-refractivity contribution in [3.05, 3.63) is 0 Å². The van der Waals surface area contributed by atoms with Crippen LogP contribution in [0, 0.1) is 0 Å². The number of hydrazone groups is 2. The van der Waals surface area contributed by atoms with Crippen LogP contribution in [0.4, 0.5) is 0 Å². The Morgan fingerprint density at radius 3 is 1.16 bits per heavy atom. The second kappa shape index (κ2) is 18.6. The average molecular weight is 276 g/mol. The van der Waals surface area contributed by atoms with Gasteiger partial charge in [-0.25, -0.2) is 0 Å². The number of carbonyl (C=O) groups excluding carboxylic acids is 2. The lowest BCUT2D eigenvalue weighted by Gasteiger charge is -1.94. The molecule has 0 bridgehead atoms. The molecule has 0 aromatic heterocycles. The molecule has 0 unspecified atom stereocenters. The fraction of sp³-hybridized carbons (Fsp3) is 0.636. The van der Waals surface area contributed by atoms with Crippen LogP contribution in [0.5, 0.6) is 0 Å². The zero-order valence-electron chi connectivity index (χ0n) is 11.4. The van der Waals surface area contributed by atoms with Crippen LogP contribution >= 0.6 is 0 Å². The Kier molecular flexibility index (Phi) is 25.3. The first kappa shape index (κ1) is 25.9. The lowest BCUT2D eigenvalue weighted by molar-refractivity contribution is -0.124. The average Bonchev–Trinajstić information content (AvgIpc) is 2.30. The van der Waals surface area contributed by atoms with Crippen LogP contribution in [0.2, 0.25) is 0 Å². The van der Waals surface area contributed by atoms with Crippen molar-refractivity contribution >= 4 is 23.0 Å². The highest BCUT2D eigenvalue weighted by Crippen LogP contribution is 1.86. The van der Waals surface area contributed by atoms with Crippen molar-refractivity contribution in [2.45, 2.75) is 48.0 Å². The van der Waals surface area contributed by atoms with Gasteiger partial charge < -0.3 is 11.7 Å². The summed E-state index contributed by atoms with van der Waals surface area (Å²) in [4.78, 5) is 20.1. The minimum absolute atomic E-state index is 0. The maximum Gasteiger partial charge on any atom is 0.137 e. The maximum atomic E-state index is 10.0. The van der Waals surface area contributed by atoms with Crippen molar-refractivity contribution < 1.29 is 9.59 Å². The molecule has 0 aromatic rings. The summed E-state index contributed by atoms with van der Waals surface area (Å²) in [5.41, 5.74) is 1.67. The zero-order valence-corrected chi connectivity index (χ0v) is 11.4. The number of Topliss-reactive ketones (excluding diaryl/α,β-unsaturated/α-hetero) is 2. The molecule has 8 heteroatoms. The highest BCUT2D eigenvalue weighted by atomic mass is 16.1. The smallest absolute Gasteiger partial charge is 0.137 e. The van der Waals surface area contributed by atoms with Crippen LogP contribution in [0.15, 0.2) is 10.2 Å². The second-order valence-corrected chi connectivity index (χ2v) is 3.49. The van der Waals surface area contributed by atoms with Crippen molar-refractivity contribution in [3.63, 3.8) is 0 Å². The maximum absolute atomic E-state index is 10.0. The normalized spacial score (nSPS) is 10.0. The zero-order chi connectivity index (χ0) is 15.1. The Bertz CT molecular complexity index is 272. The van der Waals surface area contributed by atoms with Crippen molar-refractivity contribution in [2.24, 2.45) is 33.6 Å². The van der Waals surface area contributed by atoms with Gasteiger partial charge >= 0.3 is 0 Å². The Balaban J connectivity index is -0.000000102. The number of nitrogens with zero attached hydrogens (tertiary/aromatic N) is 2. The van der Waals surface area contributed by atoms with Crippen LogP contribution in [-0.4, -0.2) is 23.0 Å². The van der Waals surface area contributed by atoms with Gasteiger partial charge in [0.15, 0.2) is 0 Å². The highest BCUT2D eigenvalue weighted by Gasteiger charge is 1.94. The van der Waals surface area contributed by atoms with E-state index in [1.165, 1.54) is 13.8 Å². The molecule has 0 spiro atoms. The molecular weight excluding hydrogens is 248 g/mol. The third-order valence-corrected chi connectivity index (χ3v) is 1.45. The number of nitrogens with two attached hydrogens (primary N) is 4. The van der Waals surface area contributed by atoms with E-state index in [9.17, 15) is 9.59 Å². The molecule has 0 atom stereocenters. The Morgan fingerprint density at radius 2 is 1.05 bits per heavy atom. The fourth-order valence-electron chi connectivity index (χ4n) is 0.812. The fourth-order valence-corrected chi connectivity index (χ4v) is 0.812. The third-order valence-electron chi connectivity index (χ3n) is 1.45. The number of carbonyl (C=O) groups is 2. The first-order valence-corrected chi connectivity index (χ1v) is 5.12. The van der Waals surface area contributed by atoms with Gasteiger partial charge in [0.2, 0.25) is 0 Å². The van der Waals surface area contributed by atoms with Crippen LogP contribution in [-0.2, 0) is 9.59 Å². The molecule has 0 aliphatic rings. The molecule has 0 rings (SSSR count). The summed E-state index contributed by atoms with van der Waals surface area (Å²) in [6.45, 7) is 6.46. The molecular formula is C11H28N6O2. The number of hydrogen-bond acceptors (Lipinski definition) is 8. The van der Waals surface area contributed by atoms with E-state index in [-0.39, 0.29) is 25.4 Å². The first-order valence-electron chi connectivity index (χ1n) is 5.12. The number of hydrazine groups is 1. The minimum Gasteiger partial charge on any atom is -0.323 e. The monoisotopic (exact) mass is 276 g/mol. The van der Waals surface area contributed by atoms with Crippen molar-refractivity contribution in [1.82, 2.24) is 0 Å². The van der Waals surface area contributed by atoms with E-state index in [2.05, 4.69) is 21.9 Å². The Hall–Kier alpha value is -1.80. The Morgan fingerprint density at radius 1 is 0.789 bits per heavy atom. The van der Waals surface area contributed by atoms with Gasteiger partial charge in [0.25, 0.3) is 0 Å². The summed E-state index contributed by atoms with van der Waals surface area (Å²) >= 11 is 0. The number of hydrogen-bond donors (Lipinski definition) is 4. The molecule has 0 amide bonds. The molecule has 19 heavy (non-hydrogen) atoms. The highest BCUT2D eigenvalue weighted by molar-refractivity contribution is 6.02. The van der Waals surface area contributed by atoms with Gasteiger partial charge in [-0.1, -0.05) is 7.43 Å². The topological polar surface area (TPSA) is 163 Å². The van der Waals surface area contributed by atoms with Gasteiger partial charge in [-0.05, 0) is 27.7 Å². The largest absolute Gasteiger partial charge is 0.323 e. The van der Waals surface area contributed by atoms with Crippen LogP contribution in [0.3, 0.4) is 0 Å².